The van der Waals surface area contributed by atoms with E-state index < -0.39 is 17.6 Å². The van der Waals surface area contributed by atoms with Crippen molar-refractivity contribution in [1.29, 1.82) is 0 Å². The van der Waals surface area contributed by atoms with E-state index in [0.29, 0.717) is 11.4 Å². The van der Waals surface area contributed by atoms with Gasteiger partial charge in [-0.2, -0.15) is 13.2 Å². The molecule has 3 rings (SSSR count). The van der Waals surface area contributed by atoms with Crippen LogP contribution < -0.4 is 5.32 Å². The van der Waals surface area contributed by atoms with Crippen LogP contribution in [0.2, 0.25) is 0 Å². The van der Waals surface area contributed by atoms with E-state index in [0.717, 1.165) is 6.07 Å². The average molecular weight is 472 g/mol. The molecule has 0 saturated heterocycles. The number of aromatic nitrogens is 3. The van der Waals surface area contributed by atoms with Crippen LogP contribution >= 0.6 is 0 Å². The number of benzene rings is 1. The number of aryl methyl sites for hydroxylation is 2. The first-order valence-corrected chi connectivity index (χ1v) is 10.1. The highest BCUT2D eigenvalue weighted by Gasteiger charge is 2.32. The molecule has 1 amide bonds. The van der Waals surface area contributed by atoms with E-state index in [-0.39, 0.29) is 54.4 Å². The van der Waals surface area contributed by atoms with Gasteiger partial charge in [0.2, 0.25) is 5.76 Å². The van der Waals surface area contributed by atoms with Crippen molar-refractivity contribution in [2.45, 2.75) is 32.4 Å². The lowest BCUT2D eigenvalue weighted by molar-refractivity contribution is -0.138. The maximum atomic E-state index is 13.1. The zero-order valence-corrected chi connectivity index (χ0v) is 17.9. The summed E-state index contributed by atoms with van der Waals surface area (Å²) in [5.74, 6) is 4.13. The number of aliphatic hydroxyl groups excluding tert-OH is 1. The third-order valence-corrected chi connectivity index (χ3v) is 4.60. The van der Waals surface area contributed by atoms with Crippen LogP contribution in [0, 0.1) is 18.8 Å². The summed E-state index contributed by atoms with van der Waals surface area (Å²) in [6.45, 7) is 1.24. The molecule has 0 bridgehead atoms. The third-order valence-electron chi connectivity index (χ3n) is 4.60. The van der Waals surface area contributed by atoms with Crippen molar-refractivity contribution in [2.75, 3.05) is 11.9 Å². The van der Waals surface area contributed by atoms with Gasteiger partial charge in [0.1, 0.15) is 17.7 Å². The predicted molar refractivity (Wildman–Crippen MR) is 114 cm³/mol. The van der Waals surface area contributed by atoms with Gasteiger partial charge in [-0.25, -0.2) is 9.97 Å². The van der Waals surface area contributed by atoms with E-state index in [1.54, 1.807) is 0 Å². The fourth-order valence-electron chi connectivity index (χ4n) is 2.89. The number of amides is 1. The number of Topliss-reactive ketones (excluding diaryl/α,β-unsaturated/α-hetero) is 1. The van der Waals surface area contributed by atoms with Crippen molar-refractivity contribution in [3.63, 3.8) is 0 Å². The summed E-state index contributed by atoms with van der Waals surface area (Å²) in [6, 6.07) is 6.20. The number of aliphatic hydroxyl groups is 1. The fourth-order valence-corrected chi connectivity index (χ4v) is 2.89. The average Bonchev–Trinajstić information content (AvgIpc) is 3.28. The number of hydrogen-bond acceptors (Lipinski definition) is 7. The molecule has 0 spiro atoms. The van der Waals surface area contributed by atoms with Gasteiger partial charge >= 0.3 is 6.18 Å². The van der Waals surface area contributed by atoms with Crippen molar-refractivity contribution in [3.8, 4) is 11.8 Å². The van der Waals surface area contributed by atoms with Gasteiger partial charge in [-0.1, -0.05) is 17.1 Å². The molecule has 3 aromatic rings. The van der Waals surface area contributed by atoms with E-state index in [1.165, 1.54) is 37.5 Å². The summed E-state index contributed by atoms with van der Waals surface area (Å²) in [5.41, 5.74) is -0.0471. The minimum Gasteiger partial charge on any atom is -0.395 e. The number of rotatable bonds is 7. The van der Waals surface area contributed by atoms with Crippen LogP contribution in [-0.2, 0) is 12.6 Å². The van der Waals surface area contributed by atoms with Crippen molar-refractivity contribution in [1.82, 2.24) is 15.1 Å². The Kier molecular flexibility index (Phi) is 7.75. The molecular formula is C23H19F3N4O4. The smallest absolute Gasteiger partial charge is 0.395 e. The minimum atomic E-state index is -4.55. The van der Waals surface area contributed by atoms with Crippen molar-refractivity contribution in [2.24, 2.45) is 0 Å². The summed E-state index contributed by atoms with van der Waals surface area (Å²) in [6.07, 6.45) is -2.89. The second-order valence-electron chi connectivity index (χ2n) is 7.15. The molecule has 34 heavy (non-hydrogen) atoms. The van der Waals surface area contributed by atoms with Gasteiger partial charge in [0.15, 0.2) is 5.78 Å². The molecule has 0 aliphatic rings. The summed E-state index contributed by atoms with van der Waals surface area (Å²) in [7, 11) is 0. The van der Waals surface area contributed by atoms with Gasteiger partial charge in [0.05, 0.1) is 17.9 Å². The SMILES string of the molecule is Cc1ccc(NC(=O)c2cc(CCC(=O)c3cc(C#CCCO)ncn3)no2)cc1C(F)(F)F. The maximum absolute atomic E-state index is 13.1. The molecule has 8 nitrogen and oxygen atoms in total. The summed E-state index contributed by atoms with van der Waals surface area (Å²) in [5, 5.41) is 14.8. The van der Waals surface area contributed by atoms with Crippen LogP contribution in [-0.4, -0.2) is 38.5 Å². The topological polar surface area (TPSA) is 118 Å². The highest BCUT2D eigenvalue weighted by atomic mass is 19.4. The highest BCUT2D eigenvalue weighted by molar-refractivity contribution is 6.02. The minimum absolute atomic E-state index is 0.0149. The molecule has 2 N–H and O–H groups in total. The van der Waals surface area contributed by atoms with Crippen LogP contribution in [0.5, 0.6) is 0 Å². The Bertz CT molecular complexity index is 1260. The number of hydrogen-bond donors (Lipinski definition) is 2. The fraction of sp³-hybridized carbons (Fsp3) is 0.261. The molecule has 0 radical (unpaired) electrons. The molecule has 176 valence electrons. The van der Waals surface area contributed by atoms with Crippen LogP contribution in [0.15, 0.2) is 41.2 Å². The van der Waals surface area contributed by atoms with Gasteiger partial charge in [-0.15, -0.1) is 0 Å². The Morgan fingerprint density at radius 1 is 1.18 bits per heavy atom. The number of carbonyl (C=O) groups is 2. The van der Waals surface area contributed by atoms with Crippen LogP contribution in [0.3, 0.4) is 0 Å². The standard InChI is InChI=1S/C23H19F3N4O4/c1-14-5-6-16(10-18(14)23(24,25)26)29-22(33)21-12-17(30-34-21)7-8-20(32)19-11-15(27-13-28-19)4-2-3-9-31/h5-6,10-13,31H,3,7-9H2,1H3,(H,29,33). The van der Waals surface area contributed by atoms with Crippen LogP contribution in [0.4, 0.5) is 18.9 Å². The molecule has 2 aromatic heterocycles. The number of ketones is 1. The predicted octanol–water partition coefficient (Wildman–Crippen LogP) is 3.59. The number of nitrogens with zero attached hydrogens (tertiary/aromatic N) is 3. The van der Waals surface area contributed by atoms with Gasteiger partial charge in [0.25, 0.3) is 5.91 Å². The molecule has 0 saturated carbocycles. The lowest BCUT2D eigenvalue weighted by atomic mass is 10.1. The number of nitrogens with one attached hydrogen (secondary N) is 1. The van der Waals surface area contributed by atoms with Crippen molar-refractivity contribution >= 4 is 17.4 Å². The monoisotopic (exact) mass is 472 g/mol. The van der Waals surface area contributed by atoms with Gasteiger partial charge in [-0.05, 0) is 30.5 Å². The normalized spacial score (nSPS) is 11.0. The molecule has 0 fully saturated rings. The molecule has 2 heterocycles. The van der Waals surface area contributed by atoms with Crippen LogP contribution in [0.25, 0.3) is 0 Å². The van der Waals surface area contributed by atoms with Crippen molar-refractivity contribution in [3.05, 3.63) is 70.6 Å². The van der Waals surface area contributed by atoms with E-state index in [2.05, 4.69) is 32.3 Å². The largest absolute Gasteiger partial charge is 0.416 e. The van der Waals surface area contributed by atoms with Gasteiger partial charge in [-0.3, -0.25) is 9.59 Å². The number of anilines is 1. The Labute approximate surface area is 192 Å². The number of alkyl halides is 3. The lowest BCUT2D eigenvalue weighted by Crippen LogP contribution is -2.13. The first kappa shape index (κ1) is 24.6. The van der Waals surface area contributed by atoms with Gasteiger partial charge in [0, 0.05) is 37.1 Å². The quantitative estimate of drug-likeness (QED) is 0.399. The van der Waals surface area contributed by atoms with E-state index in [4.69, 9.17) is 9.63 Å². The molecule has 0 aliphatic carbocycles. The zero-order chi connectivity index (χ0) is 24.7. The summed E-state index contributed by atoms with van der Waals surface area (Å²) in [4.78, 5) is 32.6. The van der Waals surface area contributed by atoms with Crippen LogP contribution in [0.1, 0.15) is 56.4 Å². The Morgan fingerprint density at radius 2 is 1.97 bits per heavy atom. The lowest BCUT2D eigenvalue weighted by Gasteiger charge is -2.12. The Balaban J connectivity index is 1.61. The molecule has 0 atom stereocenters. The van der Waals surface area contributed by atoms with Gasteiger partial charge < -0.3 is 14.9 Å². The van der Waals surface area contributed by atoms with E-state index >= 15 is 0 Å². The summed E-state index contributed by atoms with van der Waals surface area (Å²) >= 11 is 0. The zero-order valence-electron chi connectivity index (χ0n) is 17.9. The molecule has 0 unspecified atom stereocenters. The van der Waals surface area contributed by atoms with E-state index in [9.17, 15) is 22.8 Å². The number of halogens is 3. The number of carbonyl (C=O) groups excluding carboxylic acids is 2. The molecular weight excluding hydrogens is 453 g/mol. The Hall–Kier alpha value is -4.04. The maximum Gasteiger partial charge on any atom is 0.416 e. The highest BCUT2D eigenvalue weighted by Crippen LogP contribution is 2.33. The summed E-state index contributed by atoms with van der Waals surface area (Å²) < 4.78 is 44.2. The molecule has 11 heteroatoms. The Morgan fingerprint density at radius 3 is 2.71 bits per heavy atom. The second-order valence-corrected chi connectivity index (χ2v) is 7.15. The first-order valence-electron chi connectivity index (χ1n) is 10.1. The molecule has 0 aliphatic heterocycles. The van der Waals surface area contributed by atoms with E-state index in [1.807, 2.05) is 0 Å². The second kappa shape index (κ2) is 10.7. The molecule has 1 aromatic carbocycles. The van der Waals surface area contributed by atoms with Crippen molar-refractivity contribution < 1.29 is 32.4 Å². The first-order chi connectivity index (χ1) is 16.2. The third kappa shape index (κ3) is 6.49.